The van der Waals surface area contributed by atoms with E-state index < -0.39 is 0 Å². The van der Waals surface area contributed by atoms with Crippen LogP contribution >= 0.6 is 0 Å². The molecule has 0 bridgehead atoms. The Kier molecular flexibility index (Phi) is 4.99. The average Bonchev–Trinajstić information content (AvgIpc) is 2.69. The van der Waals surface area contributed by atoms with Crippen molar-refractivity contribution in [2.45, 2.75) is 58.5 Å². The van der Waals surface area contributed by atoms with Crippen molar-refractivity contribution < 1.29 is 4.52 Å². The van der Waals surface area contributed by atoms with Crippen LogP contribution in [0.25, 0.3) is 0 Å². The van der Waals surface area contributed by atoms with E-state index in [1.165, 1.54) is 25.7 Å². The smallest absolute Gasteiger partial charge is 0.266 e. The zero-order valence-electron chi connectivity index (χ0n) is 11.5. The van der Waals surface area contributed by atoms with Gasteiger partial charge in [-0.3, -0.25) is 0 Å². The predicted octanol–water partition coefficient (Wildman–Crippen LogP) is 2.34. The lowest BCUT2D eigenvalue weighted by Crippen LogP contribution is -2.26. The lowest BCUT2D eigenvalue weighted by molar-refractivity contribution is 0.357. The first-order valence-corrected chi connectivity index (χ1v) is 7.10. The highest BCUT2D eigenvalue weighted by Crippen LogP contribution is 2.16. The first kappa shape index (κ1) is 13.3. The maximum atomic E-state index is 5.29. The van der Waals surface area contributed by atoms with Crippen LogP contribution < -0.4 is 10.2 Å². The minimum Gasteiger partial charge on any atom is -0.338 e. The Balaban J connectivity index is 1.88. The van der Waals surface area contributed by atoms with Gasteiger partial charge in [0.05, 0.1) is 6.54 Å². The molecule has 18 heavy (non-hydrogen) atoms. The van der Waals surface area contributed by atoms with Crippen LogP contribution in [0.2, 0.25) is 0 Å². The normalized spacial score (nSPS) is 18.7. The fourth-order valence-electron chi connectivity index (χ4n) is 2.12. The summed E-state index contributed by atoms with van der Waals surface area (Å²) in [6.45, 7) is 7.09. The second-order valence-electron chi connectivity index (χ2n) is 5.08. The Morgan fingerprint density at radius 2 is 2.00 bits per heavy atom. The van der Waals surface area contributed by atoms with E-state index in [0.717, 1.165) is 25.5 Å². The molecule has 1 aromatic rings. The SMILES string of the molecule is CCC(C)NCc1nc(N2CCCCCC2)no1. The molecule has 1 N–H and O–H groups in total. The maximum Gasteiger partial charge on any atom is 0.266 e. The molecular weight excluding hydrogens is 228 g/mol. The monoisotopic (exact) mass is 252 g/mol. The summed E-state index contributed by atoms with van der Waals surface area (Å²) in [5.74, 6) is 1.45. The standard InChI is InChI=1S/C13H24N4O/c1-3-11(2)14-10-12-15-13(16-18-12)17-8-6-4-5-7-9-17/h11,14H,3-10H2,1-2H3. The molecule has 1 aromatic heterocycles. The van der Waals surface area contributed by atoms with Crippen molar-refractivity contribution in [1.82, 2.24) is 15.5 Å². The predicted molar refractivity (Wildman–Crippen MR) is 71.6 cm³/mol. The third-order valence-electron chi connectivity index (χ3n) is 3.56. The summed E-state index contributed by atoms with van der Waals surface area (Å²) in [5.41, 5.74) is 0. The van der Waals surface area contributed by atoms with Crippen molar-refractivity contribution in [3.63, 3.8) is 0 Å². The molecule has 0 amide bonds. The molecule has 5 heteroatoms. The van der Waals surface area contributed by atoms with Gasteiger partial charge in [-0.25, -0.2) is 0 Å². The number of aromatic nitrogens is 2. The second kappa shape index (κ2) is 6.73. The van der Waals surface area contributed by atoms with Crippen molar-refractivity contribution in [3.8, 4) is 0 Å². The number of nitrogens with zero attached hydrogens (tertiary/aromatic N) is 3. The maximum absolute atomic E-state index is 5.29. The van der Waals surface area contributed by atoms with Crippen molar-refractivity contribution in [3.05, 3.63) is 5.89 Å². The average molecular weight is 252 g/mol. The molecule has 0 saturated carbocycles. The summed E-state index contributed by atoms with van der Waals surface area (Å²) in [6.07, 6.45) is 6.20. The van der Waals surface area contributed by atoms with Gasteiger partial charge < -0.3 is 14.7 Å². The summed E-state index contributed by atoms with van der Waals surface area (Å²) in [7, 11) is 0. The third kappa shape index (κ3) is 3.70. The van der Waals surface area contributed by atoms with Gasteiger partial charge in [0.1, 0.15) is 0 Å². The molecule has 102 valence electrons. The topological polar surface area (TPSA) is 54.2 Å². The van der Waals surface area contributed by atoms with Gasteiger partial charge in [0.15, 0.2) is 0 Å². The third-order valence-corrected chi connectivity index (χ3v) is 3.56. The Morgan fingerprint density at radius 1 is 1.28 bits per heavy atom. The van der Waals surface area contributed by atoms with E-state index in [9.17, 15) is 0 Å². The molecule has 1 fully saturated rings. The van der Waals surface area contributed by atoms with Crippen LogP contribution in [0.1, 0.15) is 51.8 Å². The van der Waals surface area contributed by atoms with Crippen LogP contribution in [0, 0.1) is 0 Å². The highest BCUT2D eigenvalue weighted by atomic mass is 16.5. The molecule has 0 aromatic carbocycles. The summed E-state index contributed by atoms with van der Waals surface area (Å²) in [4.78, 5) is 6.71. The minimum absolute atomic E-state index is 0.485. The van der Waals surface area contributed by atoms with Gasteiger partial charge in [-0.1, -0.05) is 19.8 Å². The molecule has 1 saturated heterocycles. The lowest BCUT2D eigenvalue weighted by Gasteiger charge is -2.16. The van der Waals surface area contributed by atoms with Crippen LogP contribution in [0.5, 0.6) is 0 Å². The van der Waals surface area contributed by atoms with Crippen LogP contribution in [0.3, 0.4) is 0 Å². The summed E-state index contributed by atoms with van der Waals surface area (Å²) in [5, 5.41) is 7.45. The van der Waals surface area contributed by atoms with E-state index in [1.807, 2.05) is 0 Å². The van der Waals surface area contributed by atoms with Gasteiger partial charge in [-0.15, -0.1) is 0 Å². The summed E-state index contributed by atoms with van der Waals surface area (Å²) >= 11 is 0. The quantitative estimate of drug-likeness (QED) is 0.871. The summed E-state index contributed by atoms with van der Waals surface area (Å²) < 4.78 is 5.29. The first-order chi connectivity index (χ1) is 8.79. The molecule has 1 unspecified atom stereocenters. The van der Waals surface area contributed by atoms with Gasteiger partial charge in [-0.05, 0) is 31.3 Å². The molecule has 2 heterocycles. The molecule has 2 rings (SSSR count). The Morgan fingerprint density at radius 3 is 2.67 bits per heavy atom. The van der Waals surface area contributed by atoms with Gasteiger partial charge in [0.2, 0.25) is 5.89 Å². The van der Waals surface area contributed by atoms with Crippen LogP contribution in [-0.2, 0) is 6.54 Å². The molecule has 1 atom stereocenters. The van der Waals surface area contributed by atoms with Crippen molar-refractivity contribution in [2.75, 3.05) is 18.0 Å². The molecule has 0 spiro atoms. The van der Waals surface area contributed by atoms with Gasteiger partial charge in [0, 0.05) is 19.1 Å². The zero-order valence-corrected chi connectivity index (χ0v) is 11.5. The van der Waals surface area contributed by atoms with Crippen molar-refractivity contribution in [1.29, 1.82) is 0 Å². The summed E-state index contributed by atoms with van der Waals surface area (Å²) in [6, 6.07) is 0.485. The van der Waals surface area contributed by atoms with Crippen LogP contribution in [0.15, 0.2) is 4.52 Å². The van der Waals surface area contributed by atoms with Crippen LogP contribution in [-0.4, -0.2) is 29.3 Å². The van der Waals surface area contributed by atoms with Crippen molar-refractivity contribution in [2.24, 2.45) is 0 Å². The van der Waals surface area contributed by atoms with Gasteiger partial charge in [0.25, 0.3) is 5.95 Å². The minimum atomic E-state index is 0.485. The molecule has 0 aliphatic carbocycles. The number of nitrogens with one attached hydrogen (secondary N) is 1. The van der Waals surface area contributed by atoms with Gasteiger partial charge in [-0.2, -0.15) is 4.98 Å². The number of anilines is 1. The Labute approximate surface area is 109 Å². The zero-order chi connectivity index (χ0) is 12.8. The van der Waals surface area contributed by atoms with E-state index in [4.69, 9.17) is 4.52 Å². The fourth-order valence-corrected chi connectivity index (χ4v) is 2.12. The first-order valence-electron chi connectivity index (χ1n) is 7.10. The second-order valence-corrected chi connectivity index (χ2v) is 5.08. The van der Waals surface area contributed by atoms with E-state index in [0.29, 0.717) is 18.5 Å². The van der Waals surface area contributed by atoms with Gasteiger partial charge >= 0.3 is 0 Å². The van der Waals surface area contributed by atoms with E-state index in [2.05, 4.69) is 34.2 Å². The number of hydrogen-bond acceptors (Lipinski definition) is 5. The molecule has 0 radical (unpaired) electrons. The molecule has 5 nitrogen and oxygen atoms in total. The van der Waals surface area contributed by atoms with Crippen molar-refractivity contribution >= 4 is 5.95 Å². The van der Waals surface area contributed by atoms with Crippen LogP contribution in [0.4, 0.5) is 5.95 Å². The molecular formula is C13H24N4O. The van der Waals surface area contributed by atoms with E-state index in [1.54, 1.807) is 0 Å². The Bertz CT molecular complexity index is 345. The fraction of sp³-hybridized carbons (Fsp3) is 0.846. The number of hydrogen-bond donors (Lipinski definition) is 1. The van der Waals surface area contributed by atoms with E-state index in [-0.39, 0.29) is 0 Å². The largest absolute Gasteiger partial charge is 0.338 e. The van der Waals surface area contributed by atoms with E-state index >= 15 is 0 Å². The lowest BCUT2D eigenvalue weighted by atomic mass is 10.2. The molecule has 1 aliphatic heterocycles. The number of rotatable bonds is 5. The Hall–Kier alpha value is -1.10. The highest BCUT2D eigenvalue weighted by molar-refractivity contribution is 5.27. The highest BCUT2D eigenvalue weighted by Gasteiger charge is 2.15. The molecule has 1 aliphatic rings.